The first-order valence-electron chi connectivity index (χ1n) is 7.34. The smallest absolute Gasteiger partial charge is 0.319 e. The number of carbonyl (C=O) groups is 1. The van der Waals surface area contributed by atoms with Crippen molar-refractivity contribution >= 4 is 17.4 Å². The Morgan fingerprint density at radius 3 is 2.84 bits per heavy atom. The zero-order valence-corrected chi connectivity index (χ0v) is 13.0. The molecule has 0 aliphatic carbocycles. The number of rotatable bonds is 5. The fraction of sp³-hybridized carbons (Fsp3) is 0.0625. The van der Waals surface area contributed by atoms with E-state index in [4.69, 9.17) is 0 Å². The first kappa shape index (κ1) is 16.1. The Balaban J connectivity index is 1.55. The fourth-order valence-corrected chi connectivity index (χ4v) is 2.12. The molecule has 0 unspecified atom stereocenters. The molecule has 2 aromatic heterocycles. The van der Waals surface area contributed by atoms with Gasteiger partial charge in [-0.2, -0.15) is 0 Å². The highest BCUT2D eigenvalue weighted by molar-refractivity contribution is 5.89. The highest BCUT2D eigenvalue weighted by atomic mass is 16.6. The van der Waals surface area contributed by atoms with Crippen molar-refractivity contribution in [3.05, 3.63) is 77.0 Å². The molecule has 0 bridgehead atoms. The lowest BCUT2D eigenvalue weighted by Gasteiger charge is -2.08. The lowest BCUT2D eigenvalue weighted by molar-refractivity contribution is -0.384. The first-order valence-corrected chi connectivity index (χ1v) is 7.34. The number of pyridine rings is 1. The van der Waals surface area contributed by atoms with Crippen LogP contribution in [0.5, 0.6) is 0 Å². The predicted molar refractivity (Wildman–Crippen MR) is 90.3 cm³/mol. The maximum atomic E-state index is 11.9. The molecule has 2 N–H and O–H groups in total. The second-order valence-electron chi connectivity index (χ2n) is 5.11. The summed E-state index contributed by atoms with van der Waals surface area (Å²) in [6, 6.07) is 8.94. The number of nitrogens with zero attached hydrogens (tertiary/aromatic N) is 4. The largest absolute Gasteiger partial charge is 0.334 e. The summed E-state index contributed by atoms with van der Waals surface area (Å²) in [4.78, 5) is 30.3. The van der Waals surface area contributed by atoms with Gasteiger partial charge in [0.05, 0.1) is 4.92 Å². The lowest BCUT2D eigenvalue weighted by atomic mass is 10.2. The summed E-state index contributed by atoms with van der Waals surface area (Å²) in [6.45, 7) is 0.276. The average Bonchev–Trinajstić information content (AvgIpc) is 3.15. The summed E-state index contributed by atoms with van der Waals surface area (Å²) >= 11 is 0. The highest BCUT2D eigenvalue weighted by Gasteiger charge is 2.08. The maximum absolute atomic E-state index is 11.9. The molecule has 0 saturated carbocycles. The minimum absolute atomic E-state index is 0.0860. The zero-order valence-electron chi connectivity index (χ0n) is 13.0. The number of non-ortho nitro benzene ring substituents is 1. The molecule has 126 valence electrons. The van der Waals surface area contributed by atoms with Crippen molar-refractivity contribution in [2.24, 2.45) is 0 Å². The molecule has 0 aliphatic rings. The van der Waals surface area contributed by atoms with Crippen molar-refractivity contribution in [1.82, 2.24) is 19.9 Å². The molecule has 9 nitrogen and oxygen atoms in total. The van der Waals surface area contributed by atoms with E-state index in [2.05, 4.69) is 20.6 Å². The van der Waals surface area contributed by atoms with E-state index in [1.165, 1.54) is 18.2 Å². The number of nitrogens with one attached hydrogen (secondary N) is 2. The summed E-state index contributed by atoms with van der Waals surface area (Å²) < 4.78 is 1.77. The minimum atomic E-state index is -0.517. The van der Waals surface area contributed by atoms with E-state index in [-0.39, 0.29) is 12.2 Å². The van der Waals surface area contributed by atoms with Crippen molar-refractivity contribution in [1.29, 1.82) is 0 Å². The van der Waals surface area contributed by atoms with E-state index >= 15 is 0 Å². The molecule has 9 heteroatoms. The van der Waals surface area contributed by atoms with Gasteiger partial charge < -0.3 is 10.6 Å². The number of imidazole rings is 1. The second-order valence-corrected chi connectivity index (χ2v) is 5.11. The van der Waals surface area contributed by atoms with Gasteiger partial charge in [0.15, 0.2) is 0 Å². The highest BCUT2D eigenvalue weighted by Crippen LogP contribution is 2.16. The number of urea groups is 1. The third-order valence-electron chi connectivity index (χ3n) is 3.35. The Labute approximate surface area is 142 Å². The van der Waals surface area contributed by atoms with Crippen LogP contribution in [0.2, 0.25) is 0 Å². The Morgan fingerprint density at radius 2 is 2.16 bits per heavy atom. The summed E-state index contributed by atoms with van der Waals surface area (Å²) in [5, 5.41) is 16.0. The fourth-order valence-electron chi connectivity index (χ4n) is 2.12. The van der Waals surface area contributed by atoms with Gasteiger partial charge in [0, 0.05) is 43.0 Å². The molecule has 0 radical (unpaired) electrons. The number of carbonyl (C=O) groups excluding carboxylic acids is 1. The Kier molecular flexibility index (Phi) is 4.65. The van der Waals surface area contributed by atoms with E-state index in [1.54, 1.807) is 35.6 Å². The quantitative estimate of drug-likeness (QED) is 0.548. The standard InChI is InChI=1S/C16H14N6O3/c23-16(20-13-2-1-3-14(8-13)22(24)25)19-10-12-4-5-15(18-9-12)21-7-6-17-11-21/h1-9,11H,10H2,(H2,19,20,23). The van der Waals surface area contributed by atoms with Crippen molar-refractivity contribution in [2.45, 2.75) is 6.54 Å². The monoisotopic (exact) mass is 338 g/mol. The molecular formula is C16H14N6O3. The molecule has 0 saturated heterocycles. The van der Waals surface area contributed by atoms with Crippen LogP contribution in [0, 0.1) is 10.1 Å². The van der Waals surface area contributed by atoms with Gasteiger partial charge in [0.25, 0.3) is 5.69 Å². The number of benzene rings is 1. The topological polar surface area (TPSA) is 115 Å². The van der Waals surface area contributed by atoms with Crippen LogP contribution in [-0.4, -0.2) is 25.5 Å². The van der Waals surface area contributed by atoms with Gasteiger partial charge >= 0.3 is 6.03 Å². The summed E-state index contributed by atoms with van der Waals surface area (Å²) in [5.74, 6) is 0.724. The third kappa shape index (κ3) is 4.16. The number of aromatic nitrogens is 3. The van der Waals surface area contributed by atoms with E-state index < -0.39 is 11.0 Å². The number of amides is 2. The average molecular weight is 338 g/mol. The molecule has 0 atom stereocenters. The molecule has 1 aromatic carbocycles. The molecule has 25 heavy (non-hydrogen) atoms. The van der Waals surface area contributed by atoms with Gasteiger partial charge in [-0.3, -0.25) is 14.7 Å². The molecule has 3 rings (SSSR count). The molecule has 2 amide bonds. The van der Waals surface area contributed by atoms with Crippen LogP contribution in [-0.2, 0) is 6.54 Å². The molecule has 0 aliphatic heterocycles. The van der Waals surface area contributed by atoms with Crippen LogP contribution < -0.4 is 10.6 Å². The van der Waals surface area contributed by atoms with Crippen molar-refractivity contribution in [2.75, 3.05) is 5.32 Å². The second kappa shape index (κ2) is 7.21. The molecule has 0 fully saturated rings. The van der Waals surface area contributed by atoms with Crippen molar-refractivity contribution in [3.8, 4) is 5.82 Å². The van der Waals surface area contributed by atoms with Crippen LogP contribution in [0.1, 0.15) is 5.56 Å². The van der Waals surface area contributed by atoms with Crippen molar-refractivity contribution < 1.29 is 9.72 Å². The normalized spacial score (nSPS) is 10.2. The van der Waals surface area contributed by atoms with Crippen LogP contribution in [0.15, 0.2) is 61.3 Å². The molecule has 0 spiro atoms. The van der Waals surface area contributed by atoms with Crippen LogP contribution in [0.4, 0.5) is 16.2 Å². The number of hydrogen-bond donors (Lipinski definition) is 2. The third-order valence-corrected chi connectivity index (χ3v) is 3.35. The van der Waals surface area contributed by atoms with Crippen LogP contribution in [0.3, 0.4) is 0 Å². The van der Waals surface area contributed by atoms with Gasteiger partial charge in [-0.25, -0.2) is 14.8 Å². The van der Waals surface area contributed by atoms with Crippen LogP contribution in [0.25, 0.3) is 5.82 Å². The van der Waals surface area contributed by atoms with E-state index in [0.717, 1.165) is 11.4 Å². The SMILES string of the molecule is O=C(NCc1ccc(-n2ccnc2)nc1)Nc1cccc([N+](=O)[O-])c1. The molecular weight excluding hydrogens is 324 g/mol. The number of anilines is 1. The van der Waals surface area contributed by atoms with Gasteiger partial charge in [-0.05, 0) is 17.7 Å². The predicted octanol–water partition coefficient (Wildman–Crippen LogP) is 2.50. The zero-order chi connectivity index (χ0) is 17.6. The van der Waals surface area contributed by atoms with Gasteiger partial charge in [-0.1, -0.05) is 12.1 Å². The summed E-state index contributed by atoms with van der Waals surface area (Å²) in [5.41, 5.74) is 1.08. The Morgan fingerprint density at radius 1 is 1.28 bits per heavy atom. The Bertz CT molecular complexity index is 877. The van der Waals surface area contributed by atoms with E-state index in [1.807, 2.05) is 12.1 Å². The van der Waals surface area contributed by atoms with Crippen LogP contribution >= 0.6 is 0 Å². The van der Waals surface area contributed by atoms with Gasteiger partial charge in [0.2, 0.25) is 0 Å². The van der Waals surface area contributed by atoms with Gasteiger partial charge in [0.1, 0.15) is 12.1 Å². The number of hydrogen-bond acceptors (Lipinski definition) is 5. The minimum Gasteiger partial charge on any atom is -0.334 e. The summed E-state index contributed by atoms with van der Waals surface area (Å²) in [6.07, 6.45) is 6.75. The molecule has 2 heterocycles. The molecule has 3 aromatic rings. The van der Waals surface area contributed by atoms with E-state index in [0.29, 0.717) is 5.69 Å². The lowest BCUT2D eigenvalue weighted by Crippen LogP contribution is -2.28. The van der Waals surface area contributed by atoms with E-state index in [9.17, 15) is 14.9 Å². The Hall–Kier alpha value is -3.75. The number of nitro benzene ring substituents is 1. The summed E-state index contributed by atoms with van der Waals surface area (Å²) in [7, 11) is 0. The van der Waals surface area contributed by atoms with Gasteiger partial charge in [-0.15, -0.1) is 0 Å². The first-order chi connectivity index (χ1) is 12.1. The number of nitro groups is 1. The van der Waals surface area contributed by atoms with Crippen molar-refractivity contribution in [3.63, 3.8) is 0 Å². The maximum Gasteiger partial charge on any atom is 0.319 e.